The average Bonchev–Trinajstić information content (AvgIpc) is 2.95. The zero-order valence-electron chi connectivity index (χ0n) is 14.0. The smallest absolute Gasteiger partial charge is 0.164 e. The number of hydrogen-bond acceptors (Lipinski definition) is 3. The number of methoxy groups -OCH3 is 2. The number of rotatable bonds is 3. The second kappa shape index (κ2) is 6.10. The van der Waals surface area contributed by atoms with Gasteiger partial charge in [-0.15, -0.1) is 0 Å². The lowest BCUT2D eigenvalue weighted by Crippen LogP contribution is -2.32. The predicted molar refractivity (Wildman–Crippen MR) is 91.3 cm³/mol. The molecular weight excluding hydrogens is 305 g/mol. The first-order chi connectivity index (χ1) is 11.7. The molecule has 4 rings (SSSR count). The Kier molecular flexibility index (Phi) is 3.93. The molecule has 1 fully saturated rings. The van der Waals surface area contributed by atoms with Crippen LogP contribution in [0.1, 0.15) is 41.5 Å². The van der Waals surface area contributed by atoms with E-state index in [0.717, 1.165) is 42.0 Å². The molecule has 0 saturated carbocycles. The molecular formula is C20H22FNO2. The maximum Gasteiger partial charge on any atom is 0.164 e. The van der Waals surface area contributed by atoms with E-state index in [1.807, 2.05) is 12.1 Å². The van der Waals surface area contributed by atoms with Crippen LogP contribution in [0.25, 0.3) is 0 Å². The summed E-state index contributed by atoms with van der Waals surface area (Å²) in [4.78, 5) is 0. The van der Waals surface area contributed by atoms with Crippen molar-refractivity contribution in [3.8, 4) is 11.5 Å². The fourth-order valence-electron chi connectivity index (χ4n) is 4.50. The average molecular weight is 327 g/mol. The van der Waals surface area contributed by atoms with Crippen LogP contribution < -0.4 is 14.8 Å². The van der Waals surface area contributed by atoms with Gasteiger partial charge in [0.2, 0.25) is 0 Å². The second-order valence-electron chi connectivity index (χ2n) is 6.57. The van der Waals surface area contributed by atoms with Crippen LogP contribution in [0.4, 0.5) is 4.39 Å². The van der Waals surface area contributed by atoms with Gasteiger partial charge in [-0.05, 0) is 54.6 Å². The third-order valence-corrected chi connectivity index (χ3v) is 5.41. The molecule has 0 aromatic heterocycles. The van der Waals surface area contributed by atoms with Crippen molar-refractivity contribution in [2.75, 3.05) is 20.8 Å². The van der Waals surface area contributed by atoms with Crippen LogP contribution in [-0.4, -0.2) is 20.8 Å². The summed E-state index contributed by atoms with van der Waals surface area (Å²) in [6.07, 6.45) is 2.26. The van der Waals surface area contributed by atoms with E-state index in [1.54, 1.807) is 26.4 Å². The molecule has 0 amide bonds. The van der Waals surface area contributed by atoms with E-state index < -0.39 is 0 Å². The predicted octanol–water partition coefficient (Wildman–Crippen LogP) is 4.03. The summed E-state index contributed by atoms with van der Waals surface area (Å²) < 4.78 is 25.1. The van der Waals surface area contributed by atoms with E-state index in [-0.39, 0.29) is 11.7 Å². The van der Waals surface area contributed by atoms with Crippen molar-refractivity contribution in [3.05, 3.63) is 58.9 Å². The Morgan fingerprint density at radius 2 is 2.00 bits per heavy atom. The molecule has 0 spiro atoms. The first-order valence-corrected chi connectivity index (χ1v) is 8.48. The fourth-order valence-corrected chi connectivity index (χ4v) is 4.50. The summed E-state index contributed by atoms with van der Waals surface area (Å²) in [5, 5.41) is 3.65. The Morgan fingerprint density at radius 3 is 2.75 bits per heavy atom. The summed E-state index contributed by atoms with van der Waals surface area (Å²) in [5.41, 5.74) is 3.41. The highest BCUT2D eigenvalue weighted by Crippen LogP contribution is 2.56. The molecule has 2 aliphatic rings. The first-order valence-electron chi connectivity index (χ1n) is 8.48. The second-order valence-corrected chi connectivity index (χ2v) is 6.57. The summed E-state index contributed by atoms with van der Waals surface area (Å²) in [6, 6.07) is 11.4. The lowest BCUT2D eigenvalue weighted by atomic mass is 9.80. The van der Waals surface area contributed by atoms with Gasteiger partial charge >= 0.3 is 0 Å². The van der Waals surface area contributed by atoms with Crippen LogP contribution in [-0.2, 0) is 0 Å². The third-order valence-electron chi connectivity index (χ3n) is 5.41. The normalized spacial score (nSPS) is 25.0. The summed E-state index contributed by atoms with van der Waals surface area (Å²) >= 11 is 0. The molecule has 3 atom stereocenters. The van der Waals surface area contributed by atoms with Crippen LogP contribution in [0.5, 0.6) is 11.5 Å². The topological polar surface area (TPSA) is 30.5 Å². The fraction of sp³-hybridized carbons (Fsp3) is 0.400. The molecule has 126 valence electrons. The Morgan fingerprint density at radius 1 is 1.12 bits per heavy atom. The number of fused-ring (bicyclic) bond motifs is 3. The molecule has 0 radical (unpaired) electrons. The van der Waals surface area contributed by atoms with E-state index in [4.69, 9.17) is 9.47 Å². The van der Waals surface area contributed by atoms with Gasteiger partial charge < -0.3 is 14.8 Å². The van der Waals surface area contributed by atoms with Crippen molar-refractivity contribution in [1.29, 1.82) is 0 Å². The number of halogens is 1. The zero-order chi connectivity index (χ0) is 16.7. The molecule has 2 aromatic rings. The molecule has 2 aromatic carbocycles. The third kappa shape index (κ3) is 2.28. The number of piperidine rings is 1. The number of nitrogens with one attached hydrogen (secondary N) is 1. The van der Waals surface area contributed by atoms with Crippen molar-refractivity contribution < 1.29 is 13.9 Å². The van der Waals surface area contributed by atoms with Gasteiger partial charge in [0.25, 0.3) is 0 Å². The van der Waals surface area contributed by atoms with Gasteiger partial charge in [-0.3, -0.25) is 0 Å². The zero-order valence-corrected chi connectivity index (χ0v) is 14.0. The Bertz CT molecular complexity index is 761. The molecule has 4 heteroatoms. The Labute approximate surface area is 141 Å². The molecule has 24 heavy (non-hydrogen) atoms. The van der Waals surface area contributed by atoms with E-state index >= 15 is 0 Å². The lowest BCUT2D eigenvalue weighted by Gasteiger charge is -2.31. The molecule has 1 heterocycles. The lowest BCUT2D eigenvalue weighted by molar-refractivity contribution is 0.285. The van der Waals surface area contributed by atoms with Gasteiger partial charge in [0.15, 0.2) is 11.5 Å². The maximum atomic E-state index is 13.9. The highest BCUT2D eigenvalue weighted by atomic mass is 19.1. The SMILES string of the molecule is COc1ccc2c(c1OC)C(c1cccc(F)c1)C1CCCNC21. The molecule has 0 bridgehead atoms. The largest absolute Gasteiger partial charge is 0.493 e. The van der Waals surface area contributed by atoms with Gasteiger partial charge in [-0.25, -0.2) is 4.39 Å². The monoisotopic (exact) mass is 327 g/mol. The van der Waals surface area contributed by atoms with Gasteiger partial charge in [0, 0.05) is 17.5 Å². The minimum Gasteiger partial charge on any atom is -0.493 e. The van der Waals surface area contributed by atoms with E-state index in [2.05, 4.69) is 11.4 Å². The van der Waals surface area contributed by atoms with Crippen LogP contribution >= 0.6 is 0 Å². The van der Waals surface area contributed by atoms with Gasteiger partial charge in [0.1, 0.15) is 5.82 Å². The minimum atomic E-state index is -0.192. The van der Waals surface area contributed by atoms with E-state index in [1.165, 1.54) is 11.6 Å². The highest BCUT2D eigenvalue weighted by molar-refractivity contribution is 5.59. The molecule has 1 aliphatic heterocycles. The Hall–Kier alpha value is -2.07. The Balaban J connectivity index is 1.93. The quantitative estimate of drug-likeness (QED) is 0.923. The van der Waals surface area contributed by atoms with Crippen molar-refractivity contribution in [3.63, 3.8) is 0 Å². The van der Waals surface area contributed by atoms with Crippen LogP contribution in [0.15, 0.2) is 36.4 Å². The van der Waals surface area contributed by atoms with Crippen LogP contribution in [0.2, 0.25) is 0 Å². The van der Waals surface area contributed by atoms with E-state index in [9.17, 15) is 4.39 Å². The van der Waals surface area contributed by atoms with Gasteiger partial charge in [0.05, 0.1) is 14.2 Å². The molecule has 3 nitrogen and oxygen atoms in total. The summed E-state index contributed by atoms with van der Waals surface area (Å²) in [5.74, 6) is 1.86. The summed E-state index contributed by atoms with van der Waals surface area (Å²) in [7, 11) is 3.33. The van der Waals surface area contributed by atoms with Crippen molar-refractivity contribution in [1.82, 2.24) is 5.32 Å². The summed E-state index contributed by atoms with van der Waals surface area (Å²) in [6.45, 7) is 1.02. The molecule has 1 aliphatic carbocycles. The van der Waals surface area contributed by atoms with Crippen LogP contribution in [0.3, 0.4) is 0 Å². The maximum absolute atomic E-state index is 13.9. The van der Waals surface area contributed by atoms with Gasteiger partial charge in [-0.1, -0.05) is 18.2 Å². The van der Waals surface area contributed by atoms with Crippen molar-refractivity contribution in [2.24, 2.45) is 5.92 Å². The molecule has 3 unspecified atom stereocenters. The first kappa shape index (κ1) is 15.5. The van der Waals surface area contributed by atoms with Gasteiger partial charge in [-0.2, -0.15) is 0 Å². The van der Waals surface area contributed by atoms with Crippen molar-refractivity contribution in [2.45, 2.75) is 24.8 Å². The standard InChI is InChI=1S/C20H22FNO2/c1-23-16-9-8-15-18(20(16)24-2)17(12-5-3-6-13(21)11-12)14-7-4-10-22-19(14)15/h3,5-6,8-9,11,14,17,19,22H,4,7,10H2,1-2H3. The molecule has 1 N–H and O–H groups in total. The number of benzene rings is 2. The van der Waals surface area contributed by atoms with E-state index in [0.29, 0.717) is 12.0 Å². The molecule has 1 saturated heterocycles. The van der Waals surface area contributed by atoms with Crippen molar-refractivity contribution >= 4 is 0 Å². The number of ether oxygens (including phenoxy) is 2. The minimum absolute atomic E-state index is 0.124. The number of hydrogen-bond donors (Lipinski definition) is 1. The highest BCUT2D eigenvalue weighted by Gasteiger charge is 2.45. The van der Waals surface area contributed by atoms with Crippen LogP contribution in [0, 0.1) is 11.7 Å².